The monoisotopic (exact) mass is 784 g/mol. The van der Waals surface area contributed by atoms with Gasteiger partial charge in [-0.2, -0.15) is 0 Å². The summed E-state index contributed by atoms with van der Waals surface area (Å²) in [7, 11) is 0. The van der Waals surface area contributed by atoms with E-state index in [9.17, 15) is 15.3 Å². The van der Waals surface area contributed by atoms with Gasteiger partial charge in [0.05, 0.1) is 18.1 Å². The first-order chi connectivity index (χ1) is 26.1. The van der Waals surface area contributed by atoms with Crippen LogP contribution in [0, 0.1) is 41.5 Å². The van der Waals surface area contributed by atoms with Crippen molar-refractivity contribution in [2.45, 2.75) is 178 Å². The van der Waals surface area contributed by atoms with E-state index in [1.165, 1.54) is 13.7 Å². The summed E-state index contributed by atoms with van der Waals surface area (Å²) >= 11 is 0. The molecule has 0 fully saturated rings. The molecule has 312 valence electrons. The number of aromatic nitrogens is 3. The SMILES string of the molecule is CCC(c1c(C)cc(C(C)(C)C)c(O)c1C)n1c(=O)n(C(CC)c2c(C)cc(C(C)(C)C)c(O)c2C)c(=O)n(C(CC)c2c(C)cc(C(C)(C)C)c(O)c2C)c1=O. The number of aryl methyl sites for hydroxylation is 3. The van der Waals surface area contributed by atoms with Gasteiger partial charge in [-0.3, -0.25) is 0 Å². The molecule has 0 radical (unpaired) electrons. The summed E-state index contributed by atoms with van der Waals surface area (Å²) in [6.45, 7) is 35.2. The summed E-state index contributed by atoms with van der Waals surface area (Å²) < 4.78 is 3.63. The third-order valence-electron chi connectivity index (χ3n) is 12.2. The minimum Gasteiger partial charge on any atom is -0.507 e. The molecule has 3 aromatic carbocycles. The zero-order valence-electron chi connectivity index (χ0n) is 38.0. The normalized spacial score (nSPS) is 14.2. The van der Waals surface area contributed by atoms with Gasteiger partial charge in [0.1, 0.15) is 17.2 Å². The second-order valence-electron chi connectivity index (χ2n) is 19.4. The van der Waals surface area contributed by atoms with E-state index in [-0.39, 0.29) is 33.5 Å². The Bertz CT molecular complexity index is 2090. The molecular weight excluding hydrogens is 715 g/mol. The van der Waals surface area contributed by atoms with Gasteiger partial charge in [-0.25, -0.2) is 28.1 Å². The number of aromatic hydroxyl groups is 3. The summed E-state index contributed by atoms with van der Waals surface area (Å²) in [5, 5.41) is 34.9. The van der Waals surface area contributed by atoms with Crippen molar-refractivity contribution in [2.24, 2.45) is 0 Å². The largest absolute Gasteiger partial charge is 0.507 e. The zero-order chi connectivity index (χ0) is 43.6. The predicted molar refractivity (Wildman–Crippen MR) is 233 cm³/mol. The second-order valence-corrected chi connectivity index (χ2v) is 19.4. The maximum absolute atomic E-state index is 15.3. The van der Waals surface area contributed by atoms with Crippen LogP contribution in [0.4, 0.5) is 0 Å². The summed E-state index contributed by atoms with van der Waals surface area (Å²) in [5.41, 5.74) is 5.04. The van der Waals surface area contributed by atoms with Crippen LogP contribution < -0.4 is 17.1 Å². The van der Waals surface area contributed by atoms with Crippen molar-refractivity contribution in [2.75, 3.05) is 0 Å². The molecule has 9 nitrogen and oxygen atoms in total. The molecule has 3 N–H and O–H groups in total. The fraction of sp³-hybridized carbons (Fsp3) is 0.562. The Kier molecular flexibility index (Phi) is 12.4. The Morgan fingerprint density at radius 2 is 0.632 bits per heavy atom. The molecule has 0 bridgehead atoms. The molecule has 0 saturated carbocycles. The predicted octanol–water partition coefficient (Wildman–Crippen LogP) is 10.0. The number of hydrogen-bond acceptors (Lipinski definition) is 6. The van der Waals surface area contributed by atoms with Crippen LogP contribution in [-0.2, 0) is 16.2 Å². The standard InChI is InChI=1S/C48H69N3O6/c1-19-34(37-25(4)22-31(46(10,11)12)40(52)28(37)7)49-43(55)50(35(20-2)38-26(5)23-32(47(13,14)15)41(53)29(38)8)45(57)51(44(49)56)36(21-3)39-27(6)24-33(48(16,17)18)42(54)30(39)9/h22-24,34-36,52-54H,19-21H2,1-18H3. The molecule has 1 heterocycles. The Balaban J connectivity index is 2.28. The molecule has 3 atom stereocenters. The third kappa shape index (κ3) is 7.75. The van der Waals surface area contributed by atoms with Crippen LogP contribution in [0.2, 0.25) is 0 Å². The van der Waals surface area contributed by atoms with Crippen LogP contribution in [0.3, 0.4) is 0 Å². The first-order valence-corrected chi connectivity index (χ1v) is 20.6. The highest BCUT2D eigenvalue weighted by atomic mass is 16.3. The Labute approximate surface area is 340 Å². The molecule has 0 aliphatic carbocycles. The number of phenolic OH excluding ortho intramolecular Hbond substituents is 3. The number of rotatable bonds is 9. The molecule has 3 unspecified atom stereocenters. The van der Waals surface area contributed by atoms with Gasteiger partial charge < -0.3 is 15.3 Å². The average Bonchev–Trinajstić information content (AvgIpc) is 3.09. The summed E-state index contributed by atoms with van der Waals surface area (Å²) in [5.74, 6) is 0.340. The molecule has 4 rings (SSSR count). The zero-order valence-corrected chi connectivity index (χ0v) is 38.0. The van der Waals surface area contributed by atoms with Gasteiger partial charge in [0.25, 0.3) is 0 Å². The third-order valence-corrected chi connectivity index (χ3v) is 12.2. The van der Waals surface area contributed by atoms with E-state index < -0.39 is 35.2 Å². The fourth-order valence-corrected chi connectivity index (χ4v) is 9.16. The van der Waals surface area contributed by atoms with Crippen LogP contribution in [0.1, 0.15) is 187 Å². The molecule has 9 heteroatoms. The Morgan fingerprint density at radius 1 is 0.439 bits per heavy atom. The van der Waals surface area contributed by atoms with Gasteiger partial charge in [-0.15, -0.1) is 0 Å². The number of benzene rings is 3. The van der Waals surface area contributed by atoms with Gasteiger partial charge in [0, 0.05) is 0 Å². The topological polar surface area (TPSA) is 127 Å². The maximum atomic E-state index is 15.3. The Morgan fingerprint density at radius 3 is 0.789 bits per heavy atom. The summed E-state index contributed by atoms with van der Waals surface area (Å²) in [4.78, 5) is 45.9. The molecule has 4 aromatic rings. The number of phenols is 3. The molecular formula is C48H69N3O6. The second kappa shape index (κ2) is 15.7. The van der Waals surface area contributed by atoms with Crippen LogP contribution in [-0.4, -0.2) is 29.0 Å². The van der Waals surface area contributed by atoms with Gasteiger partial charge in [-0.1, -0.05) is 101 Å². The molecule has 0 aliphatic heterocycles. The minimum atomic E-state index is -0.837. The lowest BCUT2D eigenvalue weighted by Crippen LogP contribution is -2.57. The first-order valence-electron chi connectivity index (χ1n) is 20.6. The van der Waals surface area contributed by atoms with Crippen LogP contribution in [0.25, 0.3) is 0 Å². The number of nitrogens with zero attached hydrogens (tertiary/aromatic N) is 3. The van der Waals surface area contributed by atoms with Crippen LogP contribution in [0.5, 0.6) is 17.2 Å². The highest BCUT2D eigenvalue weighted by Crippen LogP contribution is 2.43. The highest BCUT2D eigenvalue weighted by molar-refractivity contribution is 5.55. The van der Waals surface area contributed by atoms with E-state index >= 15 is 14.4 Å². The van der Waals surface area contributed by atoms with Gasteiger partial charge in [-0.05, 0) is 144 Å². The van der Waals surface area contributed by atoms with Crippen LogP contribution >= 0.6 is 0 Å². The summed E-state index contributed by atoms with van der Waals surface area (Å²) in [6, 6.07) is 3.29. The molecule has 0 amide bonds. The molecule has 0 spiro atoms. The van der Waals surface area contributed by atoms with E-state index in [0.29, 0.717) is 52.6 Å². The quantitative estimate of drug-likeness (QED) is 0.155. The highest BCUT2D eigenvalue weighted by Gasteiger charge is 2.35. The van der Waals surface area contributed by atoms with Crippen molar-refractivity contribution in [1.29, 1.82) is 0 Å². The van der Waals surface area contributed by atoms with E-state index in [1.54, 1.807) is 0 Å². The fourth-order valence-electron chi connectivity index (χ4n) is 9.16. The molecule has 1 aromatic heterocycles. The Hall–Kier alpha value is -4.53. The molecule has 0 aliphatic rings. The van der Waals surface area contributed by atoms with E-state index in [2.05, 4.69) is 0 Å². The van der Waals surface area contributed by atoms with E-state index in [0.717, 1.165) is 33.4 Å². The molecule has 0 saturated heterocycles. The number of hydrogen-bond donors (Lipinski definition) is 3. The molecule has 57 heavy (non-hydrogen) atoms. The van der Waals surface area contributed by atoms with E-state index in [1.807, 2.05) is 143 Å². The van der Waals surface area contributed by atoms with Gasteiger partial charge in [0.2, 0.25) is 0 Å². The van der Waals surface area contributed by atoms with Gasteiger partial charge in [0.15, 0.2) is 0 Å². The smallest absolute Gasteiger partial charge is 0.337 e. The lowest BCUT2D eigenvalue weighted by atomic mass is 9.81. The average molecular weight is 784 g/mol. The van der Waals surface area contributed by atoms with Crippen molar-refractivity contribution >= 4 is 0 Å². The summed E-state index contributed by atoms with van der Waals surface area (Å²) in [6.07, 6.45) is 0.944. The lowest BCUT2D eigenvalue weighted by Gasteiger charge is -2.32. The van der Waals surface area contributed by atoms with Crippen molar-refractivity contribution in [3.63, 3.8) is 0 Å². The maximum Gasteiger partial charge on any atom is 0.337 e. The lowest BCUT2D eigenvalue weighted by molar-refractivity contribution is 0.361. The van der Waals surface area contributed by atoms with Crippen molar-refractivity contribution in [3.05, 3.63) is 116 Å². The first kappa shape index (κ1) is 45.2. The van der Waals surface area contributed by atoms with Gasteiger partial charge >= 0.3 is 17.1 Å². The van der Waals surface area contributed by atoms with Crippen LogP contribution in [0.15, 0.2) is 32.6 Å². The van der Waals surface area contributed by atoms with Crippen molar-refractivity contribution < 1.29 is 15.3 Å². The minimum absolute atomic E-state index is 0.113. The van der Waals surface area contributed by atoms with E-state index in [4.69, 9.17) is 0 Å². The van der Waals surface area contributed by atoms with Crippen molar-refractivity contribution in [3.8, 4) is 17.2 Å². The van der Waals surface area contributed by atoms with Crippen molar-refractivity contribution in [1.82, 2.24) is 13.7 Å².